The molecule has 0 aliphatic heterocycles. The van der Waals surface area contributed by atoms with E-state index in [0.29, 0.717) is 0 Å². The van der Waals surface area contributed by atoms with Crippen molar-refractivity contribution >= 4 is 47.7 Å². The zero-order chi connectivity index (χ0) is 38.7. The molecule has 0 aliphatic rings. The number of pyridine rings is 1. The molecule has 0 aliphatic carbocycles. The molecule has 7 aromatic carbocycles. The van der Waals surface area contributed by atoms with E-state index in [1.54, 1.807) is 10.9 Å². The summed E-state index contributed by atoms with van der Waals surface area (Å²) in [5.41, 5.74) is 1.84. The Bertz CT molecular complexity index is 2410. The molecule has 5 nitrogen and oxygen atoms in total. The number of ether oxygens (including phenoxy) is 1. The number of hydrogen-bond acceptors (Lipinski definition) is 4. The molecule has 0 atom stereocenters. The number of para-hydroxylation sites is 2. The molecule has 1 radical (unpaired) electrons. The summed E-state index contributed by atoms with van der Waals surface area (Å²) in [6.07, 6.45) is 1.76. The van der Waals surface area contributed by atoms with Gasteiger partial charge < -0.3 is 4.74 Å². The van der Waals surface area contributed by atoms with E-state index in [2.05, 4.69) is 185 Å². The smallest absolute Gasteiger partial charge is 0.181 e. The van der Waals surface area contributed by atoms with Crippen LogP contribution in [0.5, 0.6) is 11.5 Å². The number of benzene rings is 7. The molecule has 0 spiro atoms. The van der Waals surface area contributed by atoms with Crippen LogP contribution in [0.1, 0.15) is 0 Å². The molecule has 8 heteroatoms. The van der Waals surface area contributed by atoms with E-state index in [9.17, 15) is 0 Å². The van der Waals surface area contributed by atoms with Crippen molar-refractivity contribution in [2.24, 2.45) is 7.05 Å². The summed E-state index contributed by atoms with van der Waals surface area (Å²) in [7, 11) is -0.679. The van der Waals surface area contributed by atoms with Crippen LogP contribution in [-0.4, -0.2) is 19.7 Å². The molecule has 0 bridgehead atoms. The molecular weight excluding hydrogens is 798 g/mol. The third-order valence-corrected chi connectivity index (χ3v) is 15.0. The number of nitrogens with zero attached hydrogens (tertiary/aromatic N) is 4. The molecule has 0 fully saturated rings. The number of aryl methyl sites for hydroxylation is 1. The molecule has 287 valence electrons. The molecule has 2 aromatic heterocycles. The minimum atomic E-state index is -1.28. The molecule has 0 saturated heterocycles. The Kier molecular flexibility index (Phi) is 13.8. The second-order valence-corrected chi connectivity index (χ2v) is 18.2. The van der Waals surface area contributed by atoms with Crippen molar-refractivity contribution in [2.45, 2.75) is 0 Å². The van der Waals surface area contributed by atoms with Crippen molar-refractivity contribution in [3.8, 4) is 34.4 Å². The van der Waals surface area contributed by atoms with Crippen molar-refractivity contribution in [1.82, 2.24) is 19.7 Å². The van der Waals surface area contributed by atoms with Crippen molar-refractivity contribution < 1.29 is 21.8 Å². The Labute approximate surface area is 353 Å². The predicted molar refractivity (Wildman–Crippen MR) is 243 cm³/mol. The van der Waals surface area contributed by atoms with E-state index < -0.39 is 15.8 Å². The standard InChI is InChI=1S/C36H28OP2.C14H12N4.Cu/c1-5-17-29(18-6-1)38(30-19-7-2-8-20-30)35-27-15-13-25-33(35)37-34-26-14-16-28-36(34)39(31-21-9-3-10-22-31)32-23-11-4-12-24-32;1-18-14(12-9-5-6-10-15-12)16-13(17-18)11-7-3-2-4-8-11;/h1-28H;2-10H,1H3;/p+2. The molecule has 9 aromatic rings. The van der Waals surface area contributed by atoms with Gasteiger partial charge in [0.2, 0.25) is 0 Å². The van der Waals surface area contributed by atoms with Crippen LogP contribution in [-0.2, 0) is 24.1 Å². The van der Waals surface area contributed by atoms with Crippen LogP contribution in [0, 0.1) is 0 Å². The Balaban J connectivity index is 0.000000225. The van der Waals surface area contributed by atoms with E-state index in [1.165, 1.54) is 31.8 Å². The first kappa shape index (κ1) is 40.2. The van der Waals surface area contributed by atoms with E-state index in [4.69, 9.17) is 4.74 Å². The molecule has 0 amide bonds. The number of rotatable bonds is 10. The maximum absolute atomic E-state index is 6.94. The summed E-state index contributed by atoms with van der Waals surface area (Å²) in [6, 6.07) is 76.3. The molecular formula is C50H42CuN4OP2+2. The maximum Gasteiger partial charge on any atom is 0.181 e. The summed E-state index contributed by atoms with van der Waals surface area (Å²) < 4.78 is 8.69. The normalized spacial score (nSPS) is 10.7. The Morgan fingerprint density at radius 2 is 0.810 bits per heavy atom. The summed E-state index contributed by atoms with van der Waals surface area (Å²) in [4.78, 5) is 8.83. The fourth-order valence-corrected chi connectivity index (χ4v) is 12.1. The van der Waals surface area contributed by atoms with Crippen LogP contribution < -0.4 is 36.6 Å². The summed E-state index contributed by atoms with van der Waals surface area (Å²) in [5.74, 6) is 3.34. The summed E-state index contributed by atoms with van der Waals surface area (Å²) in [6.45, 7) is 0. The molecule has 0 N–H and O–H groups in total. The van der Waals surface area contributed by atoms with Gasteiger partial charge in [-0.1, -0.05) is 133 Å². The van der Waals surface area contributed by atoms with E-state index >= 15 is 0 Å². The third-order valence-electron chi connectivity index (χ3n) is 9.47. The first-order valence-corrected chi connectivity index (χ1v) is 21.9. The first-order valence-electron chi connectivity index (χ1n) is 18.9. The van der Waals surface area contributed by atoms with Crippen LogP contribution in [0.2, 0.25) is 0 Å². The van der Waals surface area contributed by atoms with Gasteiger partial charge in [0.25, 0.3) is 0 Å². The largest absolute Gasteiger partial charge is 0.449 e. The van der Waals surface area contributed by atoms with Crippen molar-refractivity contribution in [3.63, 3.8) is 0 Å². The quantitative estimate of drug-likeness (QED) is 0.102. The SMILES string of the molecule is Cn1nc(-c2ccccc2)nc1-c1ccccn1.[Cu].c1ccc([PH+](c2ccccc2)c2ccccc2Oc2ccccc2[PH+](c2ccccc2)c2ccccc2)cc1. The van der Waals surface area contributed by atoms with Gasteiger partial charge in [-0.05, 0) is 84.9 Å². The van der Waals surface area contributed by atoms with Gasteiger partial charge in [-0.2, -0.15) is 5.10 Å². The number of hydrogen-bond donors (Lipinski definition) is 0. The fourth-order valence-electron chi connectivity index (χ4n) is 6.83. The monoisotopic (exact) mass is 839 g/mol. The van der Waals surface area contributed by atoms with Crippen molar-refractivity contribution in [2.75, 3.05) is 0 Å². The topological polar surface area (TPSA) is 52.8 Å². The predicted octanol–water partition coefficient (Wildman–Crippen LogP) is 9.00. The summed E-state index contributed by atoms with van der Waals surface area (Å²) >= 11 is 0. The molecule has 9 rings (SSSR count). The maximum atomic E-state index is 6.94. The average molecular weight is 840 g/mol. The molecule has 2 heterocycles. The Hall–Kier alpha value is -5.99. The zero-order valence-electron chi connectivity index (χ0n) is 31.9. The van der Waals surface area contributed by atoms with Crippen LogP contribution in [0.4, 0.5) is 0 Å². The zero-order valence-corrected chi connectivity index (χ0v) is 34.8. The number of aromatic nitrogens is 4. The van der Waals surface area contributed by atoms with Gasteiger partial charge in [-0.3, -0.25) is 4.98 Å². The summed E-state index contributed by atoms with van der Waals surface area (Å²) in [5, 5.41) is 12.3. The van der Waals surface area contributed by atoms with Crippen LogP contribution >= 0.6 is 15.8 Å². The second kappa shape index (κ2) is 19.9. The van der Waals surface area contributed by atoms with Gasteiger partial charge in [0.1, 0.15) is 53.4 Å². The van der Waals surface area contributed by atoms with E-state index in [0.717, 1.165) is 34.4 Å². The van der Waals surface area contributed by atoms with Crippen LogP contribution in [0.25, 0.3) is 22.9 Å². The van der Waals surface area contributed by atoms with Gasteiger partial charge in [0.05, 0.1) is 0 Å². The van der Waals surface area contributed by atoms with Crippen molar-refractivity contribution in [3.05, 3.63) is 225 Å². The van der Waals surface area contributed by atoms with Crippen LogP contribution in [0.15, 0.2) is 225 Å². The minimum Gasteiger partial charge on any atom is -0.449 e. The fraction of sp³-hybridized carbons (Fsp3) is 0.0200. The molecule has 0 saturated carbocycles. The van der Waals surface area contributed by atoms with Gasteiger partial charge in [-0.25, -0.2) is 9.67 Å². The molecule has 0 unspecified atom stereocenters. The van der Waals surface area contributed by atoms with Crippen LogP contribution in [0.3, 0.4) is 0 Å². The van der Waals surface area contributed by atoms with Gasteiger partial charge in [0, 0.05) is 35.9 Å². The first-order chi connectivity index (χ1) is 28.2. The van der Waals surface area contributed by atoms with Gasteiger partial charge >= 0.3 is 0 Å². The second-order valence-electron chi connectivity index (χ2n) is 13.3. The van der Waals surface area contributed by atoms with Gasteiger partial charge in [-0.15, -0.1) is 0 Å². The van der Waals surface area contributed by atoms with E-state index in [-0.39, 0.29) is 17.1 Å². The minimum absolute atomic E-state index is 0. The third kappa shape index (κ3) is 9.57. The Morgan fingerprint density at radius 3 is 1.22 bits per heavy atom. The molecule has 58 heavy (non-hydrogen) atoms. The Morgan fingerprint density at radius 1 is 0.431 bits per heavy atom. The van der Waals surface area contributed by atoms with E-state index in [1.807, 2.05) is 55.6 Å². The average Bonchev–Trinajstić information content (AvgIpc) is 3.69. The van der Waals surface area contributed by atoms with Gasteiger partial charge in [0.15, 0.2) is 23.1 Å². The van der Waals surface area contributed by atoms with Crippen molar-refractivity contribution in [1.29, 1.82) is 0 Å².